The minimum atomic E-state index is -0.658. The minimum Gasteiger partial charge on any atom is -0.481 e. The zero-order chi connectivity index (χ0) is 14.4. The van der Waals surface area contributed by atoms with E-state index in [0.717, 1.165) is 12.8 Å². The standard InChI is InChI=1S/C14H19BrFNO2/c1-4-12(5-2)17-14(18)9(3)19-13-7-10(15)6-11(16)8-13/h6-9,12H,4-5H2,1-3H3,(H,17,18). The van der Waals surface area contributed by atoms with Crippen molar-refractivity contribution < 1.29 is 13.9 Å². The first kappa shape index (κ1) is 16.0. The molecule has 0 heterocycles. The van der Waals surface area contributed by atoms with Crippen molar-refractivity contribution >= 4 is 21.8 Å². The molecule has 0 radical (unpaired) electrons. The Morgan fingerprint density at radius 3 is 2.53 bits per heavy atom. The molecule has 5 heteroatoms. The smallest absolute Gasteiger partial charge is 0.260 e. The van der Waals surface area contributed by atoms with Gasteiger partial charge in [-0.2, -0.15) is 0 Å². The maximum absolute atomic E-state index is 13.2. The molecule has 0 fully saturated rings. The quantitative estimate of drug-likeness (QED) is 0.863. The van der Waals surface area contributed by atoms with Gasteiger partial charge in [-0.25, -0.2) is 4.39 Å². The van der Waals surface area contributed by atoms with E-state index in [4.69, 9.17) is 4.74 Å². The Morgan fingerprint density at radius 1 is 1.37 bits per heavy atom. The van der Waals surface area contributed by atoms with E-state index in [1.807, 2.05) is 13.8 Å². The fourth-order valence-electron chi connectivity index (χ4n) is 1.67. The number of rotatable bonds is 6. The average Bonchev–Trinajstić information content (AvgIpc) is 2.34. The predicted octanol–water partition coefficient (Wildman–Crippen LogP) is 3.66. The van der Waals surface area contributed by atoms with Gasteiger partial charge in [0.05, 0.1) is 0 Å². The van der Waals surface area contributed by atoms with Gasteiger partial charge in [-0.05, 0) is 31.9 Å². The largest absolute Gasteiger partial charge is 0.481 e. The van der Waals surface area contributed by atoms with Crippen molar-refractivity contribution in [1.82, 2.24) is 5.32 Å². The molecule has 1 rings (SSSR count). The molecular formula is C14H19BrFNO2. The predicted molar refractivity (Wildman–Crippen MR) is 76.7 cm³/mol. The third-order valence-corrected chi connectivity index (χ3v) is 3.31. The van der Waals surface area contributed by atoms with Gasteiger partial charge >= 0.3 is 0 Å². The maximum atomic E-state index is 13.2. The van der Waals surface area contributed by atoms with E-state index in [1.54, 1.807) is 13.0 Å². The van der Waals surface area contributed by atoms with Crippen LogP contribution in [-0.2, 0) is 4.79 Å². The van der Waals surface area contributed by atoms with Crippen LogP contribution in [0.4, 0.5) is 4.39 Å². The van der Waals surface area contributed by atoms with Gasteiger partial charge < -0.3 is 10.1 Å². The summed E-state index contributed by atoms with van der Waals surface area (Å²) >= 11 is 3.18. The number of benzene rings is 1. The normalized spacial score (nSPS) is 12.3. The van der Waals surface area contributed by atoms with Crippen LogP contribution in [-0.4, -0.2) is 18.1 Å². The van der Waals surface area contributed by atoms with Crippen LogP contribution in [0.2, 0.25) is 0 Å². The van der Waals surface area contributed by atoms with Gasteiger partial charge in [-0.1, -0.05) is 29.8 Å². The van der Waals surface area contributed by atoms with Crippen LogP contribution < -0.4 is 10.1 Å². The lowest BCUT2D eigenvalue weighted by molar-refractivity contribution is -0.128. The second-order valence-corrected chi connectivity index (χ2v) is 5.30. The first-order valence-electron chi connectivity index (χ1n) is 6.39. The fourth-order valence-corrected chi connectivity index (χ4v) is 2.11. The molecule has 0 aliphatic carbocycles. The molecule has 1 atom stereocenters. The van der Waals surface area contributed by atoms with Crippen molar-refractivity contribution in [1.29, 1.82) is 0 Å². The molecule has 1 aromatic rings. The molecule has 3 nitrogen and oxygen atoms in total. The van der Waals surface area contributed by atoms with E-state index in [2.05, 4.69) is 21.2 Å². The molecule has 1 unspecified atom stereocenters. The van der Waals surface area contributed by atoms with Crippen LogP contribution in [0, 0.1) is 5.82 Å². The Labute approximate surface area is 121 Å². The second-order valence-electron chi connectivity index (χ2n) is 4.39. The zero-order valence-electron chi connectivity index (χ0n) is 11.4. The number of hydrogen-bond acceptors (Lipinski definition) is 2. The first-order chi connectivity index (χ1) is 8.96. The maximum Gasteiger partial charge on any atom is 0.260 e. The molecule has 0 saturated carbocycles. The lowest BCUT2D eigenvalue weighted by Crippen LogP contribution is -2.42. The summed E-state index contributed by atoms with van der Waals surface area (Å²) in [5.41, 5.74) is 0. The molecule has 0 spiro atoms. The summed E-state index contributed by atoms with van der Waals surface area (Å²) in [5.74, 6) is -0.259. The van der Waals surface area contributed by atoms with Crippen LogP contribution in [0.5, 0.6) is 5.75 Å². The van der Waals surface area contributed by atoms with E-state index in [9.17, 15) is 9.18 Å². The van der Waals surface area contributed by atoms with Gasteiger partial charge in [0.25, 0.3) is 5.91 Å². The highest BCUT2D eigenvalue weighted by Crippen LogP contribution is 2.21. The Kier molecular flexibility index (Phi) is 6.28. The molecule has 0 saturated heterocycles. The molecule has 1 N–H and O–H groups in total. The highest BCUT2D eigenvalue weighted by atomic mass is 79.9. The molecule has 0 aromatic heterocycles. The van der Waals surface area contributed by atoms with Crippen molar-refractivity contribution in [3.63, 3.8) is 0 Å². The van der Waals surface area contributed by atoms with Crippen molar-refractivity contribution in [2.75, 3.05) is 0 Å². The third kappa shape index (κ3) is 5.19. The van der Waals surface area contributed by atoms with E-state index in [-0.39, 0.29) is 11.9 Å². The van der Waals surface area contributed by atoms with Gasteiger partial charge in [-0.3, -0.25) is 4.79 Å². The Morgan fingerprint density at radius 2 is 2.00 bits per heavy atom. The highest BCUT2D eigenvalue weighted by Gasteiger charge is 2.17. The Balaban J connectivity index is 2.63. The lowest BCUT2D eigenvalue weighted by atomic mass is 10.1. The molecule has 19 heavy (non-hydrogen) atoms. The minimum absolute atomic E-state index is 0.151. The van der Waals surface area contributed by atoms with E-state index < -0.39 is 11.9 Å². The molecule has 0 aliphatic heterocycles. The van der Waals surface area contributed by atoms with Crippen molar-refractivity contribution in [3.8, 4) is 5.75 Å². The molecule has 1 aromatic carbocycles. The molecular weight excluding hydrogens is 313 g/mol. The van der Waals surface area contributed by atoms with E-state index in [0.29, 0.717) is 10.2 Å². The van der Waals surface area contributed by atoms with Gasteiger partial charge in [0.2, 0.25) is 0 Å². The lowest BCUT2D eigenvalue weighted by Gasteiger charge is -2.19. The summed E-state index contributed by atoms with van der Waals surface area (Å²) in [6.45, 7) is 5.68. The van der Waals surface area contributed by atoms with Crippen molar-refractivity contribution in [3.05, 3.63) is 28.5 Å². The molecule has 106 valence electrons. The van der Waals surface area contributed by atoms with Crippen LogP contribution in [0.3, 0.4) is 0 Å². The third-order valence-electron chi connectivity index (χ3n) is 2.85. The average molecular weight is 332 g/mol. The number of ether oxygens (including phenoxy) is 1. The number of carbonyl (C=O) groups is 1. The molecule has 0 bridgehead atoms. The fraction of sp³-hybridized carbons (Fsp3) is 0.500. The number of nitrogens with one attached hydrogen (secondary N) is 1. The number of hydrogen-bond donors (Lipinski definition) is 1. The van der Waals surface area contributed by atoms with Crippen molar-refractivity contribution in [2.24, 2.45) is 0 Å². The van der Waals surface area contributed by atoms with Gasteiger partial charge in [0.1, 0.15) is 11.6 Å². The summed E-state index contributed by atoms with van der Waals surface area (Å²) in [5, 5.41) is 2.90. The number of halogens is 2. The van der Waals surface area contributed by atoms with Crippen LogP contribution in [0.25, 0.3) is 0 Å². The highest BCUT2D eigenvalue weighted by molar-refractivity contribution is 9.10. The number of carbonyl (C=O) groups excluding carboxylic acids is 1. The zero-order valence-corrected chi connectivity index (χ0v) is 13.0. The molecule has 1 amide bonds. The van der Waals surface area contributed by atoms with Crippen LogP contribution in [0.15, 0.2) is 22.7 Å². The summed E-state index contributed by atoms with van der Waals surface area (Å²) < 4.78 is 19.2. The summed E-state index contributed by atoms with van der Waals surface area (Å²) in [6, 6.07) is 4.37. The van der Waals surface area contributed by atoms with Gasteiger partial charge in [-0.15, -0.1) is 0 Å². The summed E-state index contributed by atoms with van der Waals surface area (Å²) in [6.07, 6.45) is 1.09. The number of amides is 1. The van der Waals surface area contributed by atoms with Crippen LogP contribution >= 0.6 is 15.9 Å². The second kappa shape index (κ2) is 7.48. The van der Waals surface area contributed by atoms with Crippen molar-refractivity contribution in [2.45, 2.75) is 45.8 Å². The topological polar surface area (TPSA) is 38.3 Å². The molecule has 0 aliphatic rings. The van der Waals surface area contributed by atoms with E-state index >= 15 is 0 Å². The van der Waals surface area contributed by atoms with Gasteiger partial charge in [0, 0.05) is 16.6 Å². The van der Waals surface area contributed by atoms with E-state index in [1.165, 1.54) is 12.1 Å². The van der Waals surface area contributed by atoms with Gasteiger partial charge in [0.15, 0.2) is 6.10 Å². The van der Waals surface area contributed by atoms with Crippen LogP contribution in [0.1, 0.15) is 33.6 Å². The Hall–Kier alpha value is -1.10. The monoisotopic (exact) mass is 331 g/mol. The summed E-state index contributed by atoms with van der Waals surface area (Å²) in [4.78, 5) is 11.9. The SMILES string of the molecule is CCC(CC)NC(=O)C(C)Oc1cc(F)cc(Br)c1. The first-order valence-corrected chi connectivity index (χ1v) is 7.18. The Bertz CT molecular complexity index is 415. The summed E-state index contributed by atoms with van der Waals surface area (Å²) in [7, 11) is 0.